The monoisotopic (exact) mass is 233 g/mol. The van der Waals surface area contributed by atoms with Crippen LogP contribution in [-0.4, -0.2) is 9.97 Å². The average Bonchev–Trinajstić information content (AvgIpc) is 2.46. The normalized spacial score (nSPS) is 11.6. The van der Waals surface area contributed by atoms with E-state index in [0.717, 1.165) is 16.6 Å². The summed E-state index contributed by atoms with van der Waals surface area (Å²) in [6.07, 6.45) is 3.60. The Morgan fingerprint density at radius 1 is 1.43 bits per heavy atom. The van der Waals surface area contributed by atoms with Crippen LogP contribution in [-0.2, 0) is 0 Å². The molecule has 0 amide bonds. The lowest BCUT2D eigenvalue weighted by Crippen LogP contribution is -2.04. The van der Waals surface area contributed by atoms with Crippen LogP contribution < -0.4 is 5.73 Å². The number of pyridine rings is 1. The van der Waals surface area contributed by atoms with E-state index in [1.165, 1.54) is 0 Å². The summed E-state index contributed by atoms with van der Waals surface area (Å²) in [6, 6.07) is 4.03. The SMILES string of the molecule is CC(N)c1cc2cnccc2[nH]1.Cl.Cl. The second kappa shape index (κ2) is 5.20. The Kier molecular flexibility index (Phi) is 4.91. The van der Waals surface area contributed by atoms with Gasteiger partial charge in [0.1, 0.15) is 0 Å². The smallest absolute Gasteiger partial charge is 0.0487 e. The maximum atomic E-state index is 5.73. The molecule has 5 heteroatoms. The van der Waals surface area contributed by atoms with E-state index in [0.29, 0.717) is 0 Å². The van der Waals surface area contributed by atoms with Gasteiger partial charge in [0.2, 0.25) is 0 Å². The van der Waals surface area contributed by atoms with Crippen molar-refractivity contribution in [2.24, 2.45) is 5.73 Å². The number of H-pyrrole nitrogens is 1. The van der Waals surface area contributed by atoms with E-state index >= 15 is 0 Å². The maximum absolute atomic E-state index is 5.73. The minimum absolute atomic E-state index is 0. The zero-order valence-corrected chi connectivity index (χ0v) is 9.36. The number of nitrogens with two attached hydrogens (primary N) is 1. The number of nitrogens with zero attached hydrogens (tertiary/aromatic N) is 1. The van der Waals surface area contributed by atoms with Crippen molar-refractivity contribution < 1.29 is 0 Å². The molecule has 3 nitrogen and oxygen atoms in total. The van der Waals surface area contributed by atoms with Crippen molar-refractivity contribution in [1.82, 2.24) is 9.97 Å². The van der Waals surface area contributed by atoms with Gasteiger partial charge in [0.15, 0.2) is 0 Å². The fourth-order valence-electron chi connectivity index (χ4n) is 1.24. The van der Waals surface area contributed by atoms with Crippen molar-refractivity contribution in [2.75, 3.05) is 0 Å². The molecule has 2 rings (SSSR count). The predicted molar refractivity (Wildman–Crippen MR) is 63.2 cm³/mol. The average molecular weight is 234 g/mol. The van der Waals surface area contributed by atoms with Gasteiger partial charge in [-0.15, -0.1) is 24.8 Å². The first-order chi connectivity index (χ1) is 5.77. The van der Waals surface area contributed by atoms with Crippen molar-refractivity contribution in [3.05, 3.63) is 30.2 Å². The predicted octanol–water partition coefficient (Wildman–Crippen LogP) is 2.43. The number of rotatable bonds is 1. The second-order valence-corrected chi connectivity index (χ2v) is 2.98. The van der Waals surface area contributed by atoms with Crippen LogP contribution in [0.4, 0.5) is 0 Å². The topological polar surface area (TPSA) is 54.7 Å². The molecule has 0 saturated carbocycles. The zero-order valence-electron chi connectivity index (χ0n) is 7.73. The largest absolute Gasteiger partial charge is 0.357 e. The van der Waals surface area contributed by atoms with Gasteiger partial charge < -0.3 is 10.7 Å². The van der Waals surface area contributed by atoms with Gasteiger partial charge in [0.25, 0.3) is 0 Å². The van der Waals surface area contributed by atoms with E-state index < -0.39 is 0 Å². The summed E-state index contributed by atoms with van der Waals surface area (Å²) in [7, 11) is 0. The van der Waals surface area contributed by atoms with Crippen molar-refractivity contribution in [2.45, 2.75) is 13.0 Å². The molecule has 1 unspecified atom stereocenters. The molecule has 0 aliphatic heterocycles. The molecule has 0 saturated heterocycles. The first-order valence-electron chi connectivity index (χ1n) is 3.95. The highest BCUT2D eigenvalue weighted by atomic mass is 35.5. The molecule has 0 spiro atoms. The first-order valence-corrected chi connectivity index (χ1v) is 3.95. The molecule has 0 aliphatic carbocycles. The van der Waals surface area contributed by atoms with Crippen molar-refractivity contribution >= 4 is 35.7 Å². The minimum atomic E-state index is 0. The Labute approximate surface area is 94.9 Å². The van der Waals surface area contributed by atoms with Crippen LogP contribution in [0, 0.1) is 0 Å². The highest BCUT2D eigenvalue weighted by Crippen LogP contribution is 2.16. The highest BCUT2D eigenvalue weighted by molar-refractivity contribution is 5.85. The molecule has 2 heterocycles. The van der Waals surface area contributed by atoms with Crippen LogP contribution in [0.5, 0.6) is 0 Å². The third kappa shape index (κ3) is 2.38. The third-order valence-corrected chi connectivity index (χ3v) is 1.93. The summed E-state index contributed by atoms with van der Waals surface area (Å²) in [5.74, 6) is 0. The molecule has 2 aromatic heterocycles. The minimum Gasteiger partial charge on any atom is -0.357 e. The lowest BCUT2D eigenvalue weighted by atomic mass is 10.2. The number of nitrogens with one attached hydrogen (secondary N) is 1. The molecular weight excluding hydrogens is 221 g/mol. The second-order valence-electron chi connectivity index (χ2n) is 2.98. The number of hydrogen-bond acceptors (Lipinski definition) is 2. The Morgan fingerprint density at radius 2 is 2.14 bits per heavy atom. The Balaban J connectivity index is 0.000000845. The Bertz CT molecular complexity index is 365. The third-order valence-electron chi connectivity index (χ3n) is 1.93. The fourth-order valence-corrected chi connectivity index (χ4v) is 1.24. The summed E-state index contributed by atoms with van der Waals surface area (Å²) >= 11 is 0. The lowest BCUT2D eigenvalue weighted by Gasteiger charge is -1.98. The summed E-state index contributed by atoms with van der Waals surface area (Å²) in [5.41, 5.74) is 7.87. The van der Waals surface area contributed by atoms with Crippen molar-refractivity contribution in [1.29, 1.82) is 0 Å². The number of aromatic amines is 1. The van der Waals surface area contributed by atoms with E-state index in [1.54, 1.807) is 6.20 Å². The van der Waals surface area contributed by atoms with Crippen LogP contribution in [0.15, 0.2) is 24.5 Å². The highest BCUT2D eigenvalue weighted by Gasteiger charge is 2.02. The van der Waals surface area contributed by atoms with Crippen LogP contribution in [0.3, 0.4) is 0 Å². The molecule has 14 heavy (non-hydrogen) atoms. The van der Waals surface area contributed by atoms with Crippen LogP contribution in [0.25, 0.3) is 10.9 Å². The van der Waals surface area contributed by atoms with E-state index in [9.17, 15) is 0 Å². The van der Waals surface area contributed by atoms with Gasteiger partial charge in [-0.05, 0) is 19.1 Å². The number of halogens is 2. The van der Waals surface area contributed by atoms with Gasteiger partial charge in [-0.25, -0.2) is 0 Å². The first kappa shape index (κ1) is 13.2. The Morgan fingerprint density at radius 3 is 2.71 bits per heavy atom. The van der Waals surface area contributed by atoms with Crippen molar-refractivity contribution in [3.63, 3.8) is 0 Å². The molecule has 0 bridgehead atoms. The molecule has 3 N–H and O–H groups in total. The zero-order chi connectivity index (χ0) is 8.55. The van der Waals surface area contributed by atoms with E-state index in [4.69, 9.17) is 5.73 Å². The van der Waals surface area contributed by atoms with E-state index in [1.807, 2.05) is 25.3 Å². The Hall–Kier alpha value is -0.770. The van der Waals surface area contributed by atoms with E-state index in [-0.39, 0.29) is 30.9 Å². The molecule has 0 radical (unpaired) electrons. The van der Waals surface area contributed by atoms with Crippen molar-refractivity contribution in [3.8, 4) is 0 Å². The van der Waals surface area contributed by atoms with E-state index in [2.05, 4.69) is 9.97 Å². The molecule has 2 aromatic rings. The standard InChI is InChI=1S/C9H11N3.2ClH/c1-6(10)9-4-7-5-11-3-2-8(7)12-9;;/h2-6,12H,10H2,1H3;2*1H. The molecule has 78 valence electrons. The van der Waals surface area contributed by atoms with Crippen LogP contribution >= 0.6 is 24.8 Å². The summed E-state index contributed by atoms with van der Waals surface area (Å²) in [4.78, 5) is 7.25. The van der Waals surface area contributed by atoms with Gasteiger partial charge in [0.05, 0.1) is 0 Å². The molecule has 0 aromatic carbocycles. The summed E-state index contributed by atoms with van der Waals surface area (Å²) < 4.78 is 0. The van der Waals surface area contributed by atoms with Gasteiger partial charge in [-0.3, -0.25) is 4.98 Å². The van der Waals surface area contributed by atoms with Gasteiger partial charge >= 0.3 is 0 Å². The van der Waals surface area contributed by atoms with Gasteiger partial charge in [-0.1, -0.05) is 0 Å². The van der Waals surface area contributed by atoms with Gasteiger partial charge in [-0.2, -0.15) is 0 Å². The molecule has 0 aliphatic rings. The fraction of sp³-hybridized carbons (Fsp3) is 0.222. The molecule has 1 atom stereocenters. The summed E-state index contributed by atoms with van der Waals surface area (Å²) in [5, 5.41) is 1.12. The quantitative estimate of drug-likeness (QED) is 0.796. The lowest BCUT2D eigenvalue weighted by molar-refractivity contribution is 0.792. The van der Waals surface area contributed by atoms with Crippen LogP contribution in [0.1, 0.15) is 18.7 Å². The number of hydrogen-bond donors (Lipinski definition) is 2. The van der Waals surface area contributed by atoms with Crippen LogP contribution in [0.2, 0.25) is 0 Å². The molecular formula is C9H13Cl2N3. The molecule has 0 fully saturated rings. The number of aromatic nitrogens is 2. The van der Waals surface area contributed by atoms with Gasteiger partial charge in [0, 0.05) is 35.0 Å². The maximum Gasteiger partial charge on any atom is 0.0487 e. The number of fused-ring (bicyclic) bond motifs is 1. The summed E-state index contributed by atoms with van der Waals surface area (Å²) in [6.45, 7) is 1.96.